The molecule has 0 saturated heterocycles. The molecule has 0 fully saturated rings. The number of ether oxygens (including phenoxy) is 1. The molecular weight excluding hydrogens is 274 g/mol. The zero-order valence-corrected chi connectivity index (χ0v) is 12.6. The van der Waals surface area contributed by atoms with Crippen LogP contribution in [0.25, 0.3) is 0 Å². The zero-order valence-electron chi connectivity index (χ0n) is 11.8. The zero-order chi connectivity index (χ0) is 14.5. The molecule has 0 aliphatic carbocycles. The van der Waals surface area contributed by atoms with Crippen molar-refractivity contribution in [3.63, 3.8) is 0 Å². The van der Waals surface area contributed by atoms with Crippen molar-refractivity contribution < 1.29 is 14.9 Å². The van der Waals surface area contributed by atoms with Gasteiger partial charge in [0, 0.05) is 25.4 Å². The van der Waals surface area contributed by atoms with E-state index in [0.717, 1.165) is 30.0 Å². The summed E-state index contributed by atoms with van der Waals surface area (Å²) in [7, 11) is 0. The van der Waals surface area contributed by atoms with E-state index < -0.39 is 6.10 Å². The lowest BCUT2D eigenvalue weighted by atomic mass is 10.2. The van der Waals surface area contributed by atoms with Crippen LogP contribution in [0.3, 0.4) is 0 Å². The molecule has 20 heavy (non-hydrogen) atoms. The second kappa shape index (κ2) is 12.2. The monoisotopic (exact) mass is 299 g/mol. The van der Waals surface area contributed by atoms with Gasteiger partial charge in [0.25, 0.3) is 0 Å². The predicted molar refractivity (Wildman–Crippen MR) is 84.0 cm³/mol. The molecule has 1 unspecified atom stereocenters. The van der Waals surface area contributed by atoms with Gasteiger partial charge in [-0.2, -0.15) is 11.8 Å². The van der Waals surface area contributed by atoms with E-state index in [9.17, 15) is 5.11 Å². The number of benzene rings is 1. The minimum absolute atomic E-state index is 0.262. The molecule has 1 aromatic carbocycles. The third-order valence-corrected chi connectivity index (χ3v) is 3.74. The molecule has 1 atom stereocenters. The predicted octanol–water partition coefficient (Wildman–Crippen LogP) is 1.27. The van der Waals surface area contributed by atoms with Crippen molar-refractivity contribution in [1.29, 1.82) is 0 Å². The first-order valence-electron chi connectivity index (χ1n) is 7.02. The average molecular weight is 299 g/mol. The van der Waals surface area contributed by atoms with Crippen LogP contribution in [0.4, 0.5) is 0 Å². The van der Waals surface area contributed by atoms with Gasteiger partial charge in [-0.3, -0.25) is 0 Å². The molecule has 114 valence electrons. The first kappa shape index (κ1) is 17.5. The summed E-state index contributed by atoms with van der Waals surface area (Å²) in [5.74, 6) is 1.98. The van der Waals surface area contributed by atoms with Gasteiger partial charge >= 0.3 is 0 Å². The lowest BCUT2D eigenvalue weighted by Gasteiger charge is -2.12. The highest BCUT2D eigenvalue weighted by atomic mass is 32.2. The van der Waals surface area contributed by atoms with E-state index in [1.165, 1.54) is 0 Å². The molecular formula is C15H25NO3S. The Morgan fingerprint density at radius 3 is 2.75 bits per heavy atom. The normalized spacial score (nSPS) is 12.5. The Bertz CT molecular complexity index is 324. The maximum absolute atomic E-state index is 9.74. The molecule has 0 aliphatic heterocycles. The van der Waals surface area contributed by atoms with Crippen LogP contribution < -0.4 is 5.32 Å². The number of aliphatic hydroxyl groups excluding tert-OH is 2. The topological polar surface area (TPSA) is 61.7 Å². The molecule has 0 aliphatic rings. The van der Waals surface area contributed by atoms with Gasteiger partial charge in [-0.1, -0.05) is 30.3 Å². The second-order valence-corrected chi connectivity index (χ2v) is 5.77. The van der Waals surface area contributed by atoms with Crippen LogP contribution in [-0.4, -0.2) is 54.1 Å². The van der Waals surface area contributed by atoms with E-state index in [1.54, 1.807) is 0 Å². The van der Waals surface area contributed by atoms with E-state index in [4.69, 9.17) is 9.84 Å². The van der Waals surface area contributed by atoms with Gasteiger partial charge < -0.3 is 20.3 Å². The van der Waals surface area contributed by atoms with Crippen LogP contribution in [0.5, 0.6) is 0 Å². The van der Waals surface area contributed by atoms with Crippen molar-refractivity contribution in [3.8, 4) is 0 Å². The molecule has 0 radical (unpaired) electrons. The summed E-state index contributed by atoms with van der Waals surface area (Å²) in [5.41, 5.74) is 1.12. The second-order valence-electron chi connectivity index (χ2n) is 4.55. The van der Waals surface area contributed by atoms with Gasteiger partial charge in [0.1, 0.15) is 0 Å². The van der Waals surface area contributed by atoms with Crippen molar-refractivity contribution in [2.75, 3.05) is 37.8 Å². The largest absolute Gasteiger partial charge is 0.396 e. The SMILES string of the molecule is OCCCSCCNCC(O)COCc1ccccc1. The Morgan fingerprint density at radius 1 is 1.20 bits per heavy atom. The molecule has 0 heterocycles. The highest BCUT2D eigenvalue weighted by Gasteiger charge is 2.03. The van der Waals surface area contributed by atoms with Crippen LogP contribution in [-0.2, 0) is 11.3 Å². The number of hydrogen-bond donors (Lipinski definition) is 3. The van der Waals surface area contributed by atoms with Crippen LogP contribution in [0.1, 0.15) is 12.0 Å². The third-order valence-electron chi connectivity index (χ3n) is 2.67. The van der Waals surface area contributed by atoms with Crippen LogP contribution in [0.2, 0.25) is 0 Å². The number of aliphatic hydroxyl groups is 2. The molecule has 0 spiro atoms. The Balaban J connectivity index is 1.91. The molecule has 0 saturated carbocycles. The van der Waals surface area contributed by atoms with Gasteiger partial charge in [0.15, 0.2) is 0 Å². The fourth-order valence-electron chi connectivity index (χ4n) is 1.63. The summed E-state index contributed by atoms with van der Waals surface area (Å²) in [6, 6.07) is 9.94. The summed E-state index contributed by atoms with van der Waals surface area (Å²) >= 11 is 1.81. The van der Waals surface area contributed by atoms with Crippen LogP contribution >= 0.6 is 11.8 Å². The van der Waals surface area contributed by atoms with Crippen LogP contribution in [0.15, 0.2) is 30.3 Å². The van der Waals surface area contributed by atoms with E-state index in [1.807, 2.05) is 42.1 Å². The number of rotatable bonds is 12. The highest BCUT2D eigenvalue weighted by Crippen LogP contribution is 2.01. The van der Waals surface area contributed by atoms with Gasteiger partial charge in [-0.15, -0.1) is 0 Å². The van der Waals surface area contributed by atoms with E-state index in [0.29, 0.717) is 19.8 Å². The molecule has 0 aromatic heterocycles. The van der Waals surface area contributed by atoms with Gasteiger partial charge in [0.2, 0.25) is 0 Å². The van der Waals surface area contributed by atoms with Crippen LogP contribution in [0, 0.1) is 0 Å². The van der Waals surface area contributed by atoms with Crippen molar-refractivity contribution in [3.05, 3.63) is 35.9 Å². The highest BCUT2D eigenvalue weighted by molar-refractivity contribution is 7.99. The first-order valence-corrected chi connectivity index (χ1v) is 8.17. The van der Waals surface area contributed by atoms with E-state index in [-0.39, 0.29) is 6.61 Å². The van der Waals surface area contributed by atoms with Crippen molar-refractivity contribution in [2.24, 2.45) is 0 Å². The summed E-state index contributed by atoms with van der Waals surface area (Å²) < 4.78 is 5.47. The van der Waals surface area contributed by atoms with Gasteiger partial charge in [-0.25, -0.2) is 0 Å². The molecule has 0 bridgehead atoms. The average Bonchev–Trinajstić information content (AvgIpc) is 2.47. The minimum Gasteiger partial charge on any atom is -0.396 e. The van der Waals surface area contributed by atoms with Crippen molar-refractivity contribution >= 4 is 11.8 Å². The Morgan fingerprint density at radius 2 is 2.00 bits per heavy atom. The molecule has 1 aromatic rings. The Hall–Kier alpha value is -0.590. The maximum atomic E-state index is 9.74. The minimum atomic E-state index is -0.471. The summed E-state index contributed by atoms with van der Waals surface area (Å²) in [6.45, 7) is 2.56. The number of thioether (sulfide) groups is 1. The molecule has 4 nitrogen and oxygen atoms in total. The molecule has 0 amide bonds. The van der Waals surface area contributed by atoms with Crippen molar-refractivity contribution in [2.45, 2.75) is 19.1 Å². The Kier molecular flexibility index (Phi) is 10.6. The lowest BCUT2D eigenvalue weighted by molar-refractivity contribution is 0.0291. The number of hydrogen-bond acceptors (Lipinski definition) is 5. The molecule has 5 heteroatoms. The van der Waals surface area contributed by atoms with Gasteiger partial charge in [-0.05, 0) is 17.7 Å². The molecule has 3 N–H and O–H groups in total. The quantitative estimate of drug-likeness (QED) is 0.507. The standard InChI is InChI=1S/C15H25NO3S/c17-8-4-9-20-10-7-16-11-15(18)13-19-12-14-5-2-1-3-6-14/h1-3,5-6,15-18H,4,7-13H2. The first-order chi connectivity index (χ1) is 9.83. The van der Waals surface area contributed by atoms with E-state index >= 15 is 0 Å². The third kappa shape index (κ3) is 9.34. The van der Waals surface area contributed by atoms with Gasteiger partial charge in [0.05, 0.1) is 19.3 Å². The fourth-order valence-corrected chi connectivity index (χ4v) is 2.45. The smallest absolute Gasteiger partial charge is 0.0897 e. The molecule has 1 rings (SSSR count). The summed E-state index contributed by atoms with van der Waals surface area (Å²) in [4.78, 5) is 0. The lowest BCUT2D eigenvalue weighted by Crippen LogP contribution is -2.31. The van der Waals surface area contributed by atoms with E-state index in [2.05, 4.69) is 5.32 Å². The summed E-state index contributed by atoms with van der Waals surface area (Å²) in [5, 5.41) is 21.6. The Labute approximate surface area is 125 Å². The summed E-state index contributed by atoms with van der Waals surface area (Å²) in [6.07, 6.45) is 0.377. The number of nitrogens with one attached hydrogen (secondary N) is 1. The maximum Gasteiger partial charge on any atom is 0.0897 e. The fraction of sp³-hybridized carbons (Fsp3) is 0.600. The van der Waals surface area contributed by atoms with Crippen molar-refractivity contribution in [1.82, 2.24) is 5.32 Å².